The van der Waals surface area contributed by atoms with Gasteiger partial charge in [-0.05, 0) is 62.1 Å². The van der Waals surface area contributed by atoms with E-state index in [1.54, 1.807) is 12.1 Å². The van der Waals surface area contributed by atoms with Gasteiger partial charge in [0.2, 0.25) is 0 Å². The fraction of sp³-hybridized carbons (Fsp3) is 0.368. The minimum absolute atomic E-state index is 0.0455. The maximum Gasteiger partial charge on any atom is 0.416 e. The minimum Gasteiger partial charge on any atom is -0.243 e. The van der Waals surface area contributed by atoms with Crippen LogP contribution in [0.4, 0.5) is 13.2 Å². The molecule has 0 spiro atoms. The van der Waals surface area contributed by atoms with E-state index >= 15 is 0 Å². The van der Waals surface area contributed by atoms with E-state index < -0.39 is 22.7 Å². The Morgan fingerprint density at radius 1 is 1.04 bits per heavy atom. The second kappa shape index (κ2) is 9.02. The van der Waals surface area contributed by atoms with Crippen molar-refractivity contribution in [3.8, 4) is 0 Å². The number of nitrogens with one attached hydrogen (secondary N) is 1. The van der Waals surface area contributed by atoms with Crippen LogP contribution in [0, 0.1) is 0 Å². The van der Waals surface area contributed by atoms with Crippen molar-refractivity contribution in [2.24, 2.45) is 0 Å². The third kappa shape index (κ3) is 6.11. The monoisotopic (exact) mass is 403 g/mol. The van der Waals surface area contributed by atoms with Gasteiger partial charge in [-0.3, -0.25) is 0 Å². The molecule has 0 heterocycles. The van der Waals surface area contributed by atoms with Crippen LogP contribution in [0.2, 0.25) is 5.02 Å². The van der Waals surface area contributed by atoms with Gasteiger partial charge in [-0.15, -0.1) is 0 Å². The minimum atomic E-state index is -4.33. The maximum absolute atomic E-state index is 12.7. The molecule has 7 heteroatoms. The van der Waals surface area contributed by atoms with Gasteiger partial charge in [-0.2, -0.15) is 13.2 Å². The number of aryl methyl sites for hydroxylation is 1. The summed E-state index contributed by atoms with van der Waals surface area (Å²) < 4.78 is 53.3. The highest BCUT2D eigenvalue weighted by Crippen LogP contribution is 2.29. The lowest BCUT2D eigenvalue weighted by molar-refractivity contribution is -0.137. The average Bonchev–Trinajstić information content (AvgIpc) is 2.58. The van der Waals surface area contributed by atoms with E-state index in [0.717, 1.165) is 23.3 Å². The van der Waals surface area contributed by atoms with Crippen molar-refractivity contribution in [1.29, 1.82) is 0 Å². The number of halogens is 4. The van der Waals surface area contributed by atoms with Crippen LogP contribution < -0.4 is 4.72 Å². The SMILES string of the molecule is CC(C)S(=O)NC(CCc1ccc(C(F)(F)F)cc1)c1ccc(Cl)cc1. The molecule has 2 atom stereocenters. The fourth-order valence-corrected chi connectivity index (χ4v) is 3.37. The third-order valence-corrected chi connectivity index (χ3v) is 5.59. The first-order valence-electron chi connectivity index (χ1n) is 8.25. The summed E-state index contributed by atoms with van der Waals surface area (Å²) in [7, 11) is -1.21. The molecule has 2 nitrogen and oxygen atoms in total. The Morgan fingerprint density at radius 3 is 2.12 bits per heavy atom. The highest BCUT2D eigenvalue weighted by atomic mass is 35.5. The zero-order valence-corrected chi connectivity index (χ0v) is 16.1. The molecule has 0 amide bonds. The largest absolute Gasteiger partial charge is 0.416 e. The van der Waals surface area contributed by atoms with Gasteiger partial charge in [0.05, 0.1) is 16.5 Å². The Morgan fingerprint density at radius 2 is 1.62 bits per heavy atom. The normalized spacial score (nSPS) is 14.4. The highest BCUT2D eigenvalue weighted by molar-refractivity contribution is 7.83. The zero-order valence-electron chi connectivity index (χ0n) is 14.5. The number of hydrogen-bond acceptors (Lipinski definition) is 1. The van der Waals surface area contributed by atoms with Gasteiger partial charge in [0.1, 0.15) is 0 Å². The predicted octanol–water partition coefficient (Wildman–Crippen LogP) is 5.69. The van der Waals surface area contributed by atoms with Gasteiger partial charge in [-0.25, -0.2) is 8.93 Å². The summed E-state index contributed by atoms with van der Waals surface area (Å²) in [6.45, 7) is 3.72. The lowest BCUT2D eigenvalue weighted by Gasteiger charge is -2.20. The van der Waals surface area contributed by atoms with E-state index in [-0.39, 0.29) is 11.3 Å². The first-order valence-corrected chi connectivity index (χ1v) is 9.84. The van der Waals surface area contributed by atoms with Crippen molar-refractivity contribution >= 4 is 22.6 Å². The standard InChI is InChI=1S/C19H21ClF3NOS/c1-13(2)26(25)24-18(15-6-10-17(20)11-7-15)12-5-14-3-8-16(9-4-14)19(21,22)23/h3-4,6-11,13,18,24H,5,12H2,1-2H3. The van der Waals surface area contributed by atoms with Gasteiger partial charge >= 0.3 is 6.18 Å². The molecular formula is C19H21ClF3NOS. The van der Waals surface area contributed by atoms with E-state index in [4.69, 9.17) is 11.6 Å². The van der Waals surface area contributed by atoms with Gasteiger partial charge in [-0.1, -0.05) is 35.9 Å². The molecule has 26 heavy (non-hydrogen) atoms. The summed E-state index contributed by atoms with van der Waals surface area (Å²) >= 11 is 5.92. The molecule has 0 bridgehead atoms. The first-order chi connectivity index (χ1) is 12.2. The van der Waals surface area contributed by atoms with Crippen LogP contribution >= 0.6 is 11.6 Å². The molecule has 2 unspecified atom stereocenters. The van der Waals surface area contributed by atoms with Crippen molar-refractivity contribution in [2.45, 2.75) is 44.2 Å². The van der Waals surface area contributed by atoms with E-state index in [1.807, 2.05) is 26.0 Å². The second-order valence-corrected chi connectivity index (χ2v) is 8.51. The highest BCUT2D eigenvalue weighted by Gasteiger charge is 2.29. The Balaban J connectivity index is 2.11. The lowest BCUT2D eigenvalue weighted by atomic mass is 9.99. The predicted molar refractivity (Wildman–Crippen MR) is 100 cm³/mol. The molecule has 142 valence electrons. The average molecular weight is 404 g/mol. The number of rotatable bonds is 7. The number of benzene rings is 2. The smallest absolute Gasteiger partial charge is 0.243 e. The molecule has 0 saturated heterocycles. The summed E-state index contributed by atoms with van der Waals surface area (Å²) in [6.07, 6.45) is -3.17. The lowest BCUT2D eigenvalue weighted by Crippen LogP contribution is -2.29. The van der Waals surface area contributed by atoms with Gasteiger partial charge in [0, 0.05) is 16.3 Å². The van der Waals surface area contributed by atoms with Crippen LogP contribution in [-0.2, 0) is 23.6 Å². The van der Waals surface area contributed by atoms with E-state index in [2.05, 4.69) is 4.72 Å². The van der Waals surface area contributed by atoms with Crippen molar-refractivity contribution in [1.82, 2.24) is 4.72 Å². The quantitative estimate of drug-likeness (QED) is 0.631. The molecule has 0 fully saturated rings. The van der Waals surface area contributed by atoms with Crippen LogP contribution in [0.5, 0.6) is 0 Å². The topological polar surface area (TPSA) is 29.1 Å². The number of alkyl halides is 3. The second-order valence-electron chi connectivity index (χ2n) is 6.30. The third-order valence-electron chi connectivity index (χ3n) is 3.96. The van der Waals surface area contributed by atoms with Crippen LogP contribution in [0.3, 0.4) is 0 Å². The van der Waals surface area contributed by atoms with Crippen molar-refractivity contribution in [3.63, 3.8) is 0 Å². The molecule has 2 aromatic rings. The molecule has 0 radical (unpaired) electrons. The van der Waals surface area contributed by atoms with Crippen LogP contribution in [0.1, 0.15) is 43.0 Å². The molecule has 2 rings (SSSR count). The summed E-state index contributed by atoms with van der Waals surface area (Å²) in [6, 6.07) is 12.2. The van der Waals surface area contributed by atoms with Crippen LogP contribution in [-0.4, -0.2) is 9.46 Å². The molecule has 2 aromatic carbocycles. The summed E-state index contributed by atoms with van der Waals surface area (Å²) in [5, 5.41) is 0.566. The summed E-state index contributed by atoms with van der Waals surface area (Å²) in [5.74, 6) is 0. The summed E-state index contributed by atoms with van der Waals surface area (Å²) in [5.41, 5.74) is 1.08. The maximum atomic E-state index is 12.7. The molecule has 0 aliphatic carbocycles. The van der Waals surface area contributed by atoms with Crippen LogP contribution in [0.15, 0.2) is 48.5 Å². The van der Waals surface area contributed by atoms with Gasteiger partial charge < -0.3 is 0 Å². The molecule has 0 saturated carbocycles. The first kappa shape index (κ1) is 20.9. The van der Waals surface area contributed by atoms with Crippen LogP contribution in [0.25, 0.3) is 0 Å². The van der Waals surface area contributed by atoms with E-state index in [9.17, 15) is 17.4 Å². The van der Waals surface area contributed by atoms with Gasteiger partial charge in [0.25, 0.3) is 0 Å². The molecule has 1 N–H and O–H groups in total. The van der Waals surface area contributed by atoms with Crippen molar-refractivity contribution < 1.29 is 17.4 Å². The Labute approximate surface area is 159 Å². The zero-order chi connectivity index (χ0) is 19.3. The Hall–Kier alpha value is -1.37. The van der Waals surface area contributed by atoms with Crippen molar-refractivity contribution in [3.05, 3.63) is 70.2 Å². The molecule has 0 aliphatic heterocycles. The summed E-state index contributed by atoms with van der Waals surface area (Å²) in [4.78, 5) is 0. The Kier molecular flexibility index (Phi) is 7.26. The Bertz CT molecular complexity index is 730. The van der Waals surface area contributed by atoms with Crippen molar-refractivity contribution in [2.75, 3.05) is 0 Å². The molecular weight excluding hydrogens is 383 g/mol. The molecule has 0 aromatic heterocycles. The molecule has 0 aliphatic rings. The van der Waals surface area contributed by atoms with Gasteiger partial charge in [0.15, 0.2) is 0 Å². The van der Waals surface area contributed by atoms with E-state index in [0.29, 0.717) is 17.9 Å². The number of hydrogen-bond donors (Lipinski definition) is 1. The van der Waals surface area contributed by atoms with E-state index in [1.165, 1.54) is 12.1 Å². The fourth-order valence-electron chi connectivity index (χ4n) is 2.44.